The van der Waals surface area contributed by atoms with E-state index in [1.54, 1.807) is 12.1 Å². The zero-order chi connectivity index (χ0) is 18.1. The number of carboxylic acids is 1. The summed E-state index contributed by atoms with van der Waals surface area (Å²) in [7, 11) is -3.75. The molecule has 2 N–H and O–H groups in total. The van der Waals surface area contributed by atoms with Gasteiger partial charge in [-0.15, -0.1) is 0 Å². The van der Waals surface area contributed by atoms with Crippen molar-refractivity contribution in [1.82, 2.24) is 4.72 Å². The van der Waals surface area contributed by atoms with E-state index < -0.39 is 21.9 Å². The molecule has 24 heavy (non-hydrogen) atoms. The molecule has 0 aliphatic carbocycles. The molecule has 7 heteroatoms. The second-order valence-electron chi connectivity index (χ2n) is 7.32. The molecule has 0 radical (unpaired) electrons. The van der Waals surface area contributed by atoms with Crippen molar-refractivity contribution in [2.75, 3.05) is 6.54 Å². The Kier molecular flexibility index (Phi) is 5.25. The van der Waals surface area contributed by atoms with Gasteiger partial charge in [-0.3, -0.25) is 4.79 Å². The second-order valence-corrected chi connectivity index (χ2v) is 9.09. The summed E-state index contributed by atoms with van der Waals surface area (Å²) >= 11 is 0. The average molecular weight is 355 g/mol. The van der Waals surface area contributed by atoms with Crippen molar-refractivity contribution in [2.45, 2.75) is 51.0 Å². The molecule has 1 atom stereocenters. The number of aliphatic carboxylic acids is 1. The summed E-state index contributed by atoms with van der Waals surface area (Å²) in [4.78, 5) is 11.4. The second kappa shape index (κ2) is 6.72. The van der Waals surface area contributed by atoms with Crippen LogP contribution in [0.5, 0.6) is 5.75 Å². The van der Waals surface area contributed by atoms with Crippen LogP contribution in [0, 0.1) is 11.8 Å². The van der Waals surface area contributed by atoms with E-state index in [0.717, 1.165) is 5.56 Å². The number of sulfonamides is 1. The van der Waals surface area contributed by atoms with Crippen molar-refractivity contribution >= 4 is 16.0 Å². The van der Waals surface area contributed by atoms with Crippen molar-refractivity contribution in [3.8, 4) is 5.75 Å². The Bertz CT molecular complexity index is 724. The number of hydrogen-bond donors (Lipinski definition) is 2. The molecule has 6 nitrogen and oxygen atoms in total. The predicted octanol–water partition coefficient (Wildman–Crippen LogP) is 2.43. The van der Waals surface area contributed by atoms with Gasteiger partial charge in [-0.2, -0.15) is 0 Å². The van der Waals surface area contributed by atoms with Gasteiger partial charge >= 0.3 is 5.97 Å². The van der Waals surface area contributed by atoms with Crippen LogP contribution < -0.4 is 9.46 Å². The molecule has 0 saturated carbocycles. The number of carboxylic acid groups (broad SMARTS) is 1. The Balaban J connectivity index is 2.13. The summed E-state index contributed by atoms with van der Waals surface area (Å²) in [6.45, 7) is 7.60. The Morgan fingerprint density at radius 1 is 1.38 bits per heavy atom. The summed E-state index contributed by atoms with van der Waals surface area (Å²) in [5, 5.41) is 9.22. The summed E-state index contributed by atoms with van der Waals surface area (Å²) in [6, 6.07) is 4.74. The van der Waals surface area contributed by atoms with E-state index in [2.05, 4.69) is 4.72 Å². The molecule has 1 aromatic carbocycles. The molecular formula is C17H25NO5S. The number of carbonyl (C=O) groups is 1. The standard InChI is InChI=1S/C17H25NO5S/c1-11(2)7-13(16(19)20)10-18-24(21,22)14-5-6-15-12(8-14)9-17(3,4)23-15/h5-6,8,11,13,18H,7,9-10H2,1-4H3,(H,19,20). The Labute approximate surface area is 143 Å². The molecule has 1 unspecified atom stereocenters. The quantitative estimate of drug-likeness (QED) is 0.783. The highest BCUT2D eigenvalue weighted by Gasteiger charge is 2.31. The van der Waals surface area contributed by atoms with E-state index in [0.29, 0.717) is 18.6 Å². The Morgan fingerprint density at radius 2 is 2.04 bits per heavy atom. The summed E-state index contributed by atoms with van der Waals surface area (Å²) in [5.74, 6) is -0.857. The lowest BCUT2D eigenvalue weighted by Gasteiger charge is -2.16. The molecule has 2 rings (SSSR count). The first-order valence-corrected chi connectivity index (χ1v) is 9.53. The fraction of sp³-hybridized carbons (Fsp3) is 0.588. The number of rotatable bonds is 7. The van der Waals surface area contributed by atoms with E-state index in [9.17, 15) is 18.3 Å². The van der Waals surface area contributed by atoms with Crippen LogP contribution >= 0.6 is 0 Å². The fourth-order valence-electron chi connectivity index (χ4n) is 2.89. The maximum absolute atomic E-state index is 12.5. The average Bonchev–Trinajstić information content (AvgIpc) is 2.75. The molecule has 1 aromatic rings. The van der Waals surface area contributed by atoms with Gasteiger partial charge in [-0.1, -0.05) is 13.8 Å². The molecule has 0 amide bonds. The topological polar surface area (TPSA) is 92.7 Å². The van der Waals surface area contributed by atoms with Gasteiger partial charge in [0.25, 0.3) is 0 Å². The minimum atomic E-state index is -3.75. The van der Waals surface area contributed by atoms with E-state index in [-0.39, 0.29) is 23.0 Å². The minimum absolute atomic E-state index is 0.116. The first-order valence-electron chi connectivity index (χ1n) is 8.04. The van der Waals surface area contributed by atoms with Crippen LogP contribution in [0.3, 0.4) is 0 Å². The Morgan fingerprint density at radius 3 is 2.62 bits per heavy atom. The molecule has 1 heterocycles. The highest BCUT2D eigenvalue weighted by atomic mass is 32.2. The largest absolute Gasteiger partial charge is 0.487 e. The maximum atomic E-state index is 12.5. The normalized spacial score (nSPS) is 17.4. The van der Waals surface area contributed by atoms with Gasteiger partial charge in [-0.25, -0.2) is 13.1 Å². The maximum Gasteiger partial charge on any atom is 0.307 e. The smallest absolute Gasteiger partial charge is 0.307 e. The molecule has 134 valence electrons. The molecule has 1 aliphatic rings. The number of hydrogen-bond acceptors (Lipinski definition) is 4. The SMILES string of the molecule is CC(C)CC(CNS(=O)(=O)c1ccc2c(c1)CC(C)(C)O2)C(=O)O. The molecule has 0 bridgehead atoms. The first kappa shape index (κ1) is 18.7. The lowest BCUT2D eigenvalue weighted by Crippen LogP contribution is -2.33. The van der Waals surface area contributed by atoms with Gasteiger partial charge in [-0.05, 0) is 49.9 Å². The Hall–Kier alpha value is -1.60. The van der Waals surface area contributed by atoms with Crippen molar-refractivity contribution in [3.05, 3.63) is 23.8 Å². The van der Waals surface area contributed by atoms with Crippen molar-refractivity contribution in [2.24, 2.45) is 11.8 Å². The molecular weight excluding hydrogens is 330 g/mol. The highest BCUT2D eigenvalue weighted by molar-refractivity contribution is 7.89. The number of benzene rings is 1. The van der Waals surface area contributed by atoms with E-state index in [1.165, 1.54) is 6.07 Å². The molecule has 0 spiro atoms. The molecule has 0 aromatic heterocycles. The third kappa shape index (κ3) is 4.48. The third-order valence-corrected chi connectivity index (χ3v) is 5.39. The number of nitrogens with one attached hydrogen (secondary N) is 1. The van der Waals surface area contributed by atoms with Crippen LogP contribution in [0.4, 0.5) is 0 Å². The van der Waals surface area contributed by atoms with Gasteiger partial charge in [0.05, 0.1) is 10.8 Å². The number of ether oxygens (including phenoxy) is 1. The summed E-state index contributed by atoms with van der Waals surface area (Å²) < 4.78 is 33.1. The van der Waals surface area contributed by atoms with Gasteiger partial charge in [0.1, 0.15) is 11.4 Å². The van der Waals surface area contributed by atoms with E-state index in [1.807, 2.05) is 27.7 Å². The highest BCUT2D eigenvalue weighted by Crippen LogP contribution is 2.35. The van der Waals surface area contributed by atoms with Gasteiger partial charge < -0.3 is 9.84 Å². The van der Waals surface area contributed by atoms with Gasteiger partial charge in [0.2, 0.25) is 10.0 Å². The summed E-state index contributed by atoms with van der Waals surface area (Å²) in [5.41, 5.74) is 0.504. The monoisotopic (exact) mass is 355 g/mol. The van der Waals surface area contributed by atoms with Gasteiger partial charge in [0.15, 0.2) is 0 Å². The van der Waals surface area contributed by atoms with Crippen molar-refractivity contribution in [3.63, 3.8) is 0 Å². The predicted molar refractivity (Wildman–Crippen MR) is 90.6 cm³/mol. The zero-order valence-corrected chi connectivity index (χ0v) is 15.3. The van der Waals surface area contributed by atoms with Crippen molar-refractivity contribution in [1.29, 1.82) is 0 Å². The van der Waals surface area contributed by atoms with Crippen LogP contribution in [0.1, 0.15) is 39.7 Å². The van der Waals surface area contributed by atoms with Crippen LogP contribution in [0.2, 0.25) is 0 Å². The summed E-state index contributed by atoms with van der Waals surface area (Å²) in [6.07, 6.45) is 1.06. The molecule has 1 aliphatic heterocycles. The molecule has 0 fully saturated rings. The van der Waals surface area contributed by atoms with Crippen LogP contribution in [0.15, 0.2) is 23.1 Å². The van der Waals surface area contributed by atoms with Crippen LogP contribution in [0.25, 0.3) is 0 Å². The molecule has 0 saturated heterocycles. The zero-order valence-electron chi connectivity index (χ0n) is 14.5. The minimum Gasteiger partial charge on any atom is -0.487 e. The lowest BCUT2D eigenvalue weighted by molar-refractivity contribution is -0.142. The fourth-order valence-corrected chi connectivity index (χ4v) is 4.02. The number of fused-ring (bicyclic) bond motifs is 1. The third-order valence-electron chi connectivity index (χ3n) is 3.97. The van der Waals surface area contributed by atoms with E-state index >= 15 is 0 Å². The lowest BCUT2D eigenvalue weighted by atomic mass is 9.98. The first-order chi connectivity index (χ1) is 11.0. The van der Waals surface area contributed by atoms with E-state index in [4.69, 9.17) is 4.74 Å². The van der Waals surface area contributed by atoms with Crippen LogP contribution in [-0.4, -0.2) is 31.6 Å². The van der Waals surface area contributed by atoms with Crippen LogP contribution in [-0.2, 0) is 21.2 Å². The van der Waals surface area contributed by atoms with Crippen molar-refractivity contribution < 1.29 is 23.1 Å². The van der Waals surface area contributed by atoms with Gasteiger partial charge in [0, 0.05) is 13.0 Å².